The van der Waals surface area contributed by atoms with E-state index in [9.17, 15) is 5.26 Å². The Morgan fingerprint density at radius 3 is 2.46 bits per heavy atom. The maximum absolute atomic E-state index is 9.31. The van der Waals surface area contributed by atoms with Crippen molar-refractivity contribution in [1.82, 2.24) is 14.5 Å². The molecule has 0 unspecified atom stereocenters. The summed E-state index contributed by atoms with van der Waals surface area (Å²) in [5.74, 6) is 0.824. The van der Waals surface area contributed by atoms with Crippen LogP contribution in [0.2, 0.25) is 0 Å². The number of benzene rings is 2. The number of nitrogens with zero attached hydrogens (tertiary/aromatic N) is 4. The molecule has 3 rings (SSSR count). The molecule has 0 saturated carbocycles. The molecule has 0 N–H and O–H groups in total. The van der Waals surface area contributed by atoms with E-state index in [-0.39, 0.29) is 0 Å². The number of rotatable bonds is 5. The van der Waals surface area contributed by atoms with Crippen molar-refractivity contribution in [2.45, 2.75) is 13.1 Å². The molecule has 1 aromatic heterocycles. The summed E-state index contributed by atoms with van der Waals surface area (Å²) in [6, 6.07) is 18.4. The Morgan fingerprint density at radius 2 is 1.75 bits per heavy atom. The minimum atomic E-state index is 0.645. The topological polar surface area (TPSA) is 44.9 Å². The van der Waals surface area contributed by atoms with Gasteiger partial charge in [-0.2, -0.15) is 5.26 Å². The van der Waals surface area contributed by atoms with Crippen LogP contribution in [0.1, 0.15) is 16.7 Å². The van der Waals surface area contributed by atoms with Gasteiger partial charge in [0.1, 0.15) is 5.82 Å². The lowest BCUT2D eigenvalue weighted by molar-refractivity contribution is 0.402. The van der Waals surface area contributed by atoms with Crippen molar-refractivity contribution in [2.24, 2.45) is 0 Å². The number of aromatic nitrogens is 2. The fraction of sp³-hybridized carbons (Fsp3) is 0.200. The molecule has 0 aliphatic rings. The van der Waals surface area contributed by atoms with Crippen LogP contribution in [-0.4, -0.2) is 28.5 Å². The van der Waals surface area contributed by atoms with E-state index >= 15 is 0 Å². The molecule has 4 heteroatoms. The van der Waals surface area contributed by atoms with Crippen LogP contribution in [0.25, 0.3) is 11.4 Å². The number of hydrogen-bond donors (Lipinski definition) is 0. The van der Waals surface area contributed by atoms with E-state index in [0.29, 0.717) is 5.56 Å². The zero-order valence-electron chi connectivity index (χ0n) is 14.0. The Bertz CT molecular complexity index is 854. The molecule has 0 aliphatic heterocycles. The normalized spacial score (nSPS) is 10.8. The minimum Gasteiger partial charge on any atom is -0.327 e. The summed E-state index contributed by atoms with van der Waals surface area (Å²) in [5.41, 5.74) is 4.02. The first-order valence-electron chi connectivity index (χ1n) is 7.90. The van der Waals surface area contributed by atoms with E-state index in [1.54, 1.807) is 6.20 Å². The van der Waals surface area contributed by atoms with Crippen molar-refractivity contribution >= 4 is 0 Å². The molecule has 120 valence electrons. The molecular formula is C20H20N4. The Morgan fingerprint density at radius 1 is 1.04 bits per heavy atom. The van der Waals surface area contributed by atoms with E-state index in [1.807, 2.05) is 30.5 Å². The highest BCUT2D eigenvalue weighted by molar-refractivity contribution is 5.64. The Hall–Kier alpha value is -2.90. The number of hydrogen-bond acceptors (Lipinski definition) is 3. The molecule has 0 radical (unpaired) electrons. The summed E-state index contributed by atoms with van der Waals surface area (Å²) in [6.07, 6.45) is 3.74. The summed E-state index contributed by atoms with van der Waals surface area (Å²) < 4.78 is 2.08. The van der Waals surface area contributed by atoms with Crippen molar-refractivity contribution in [3.8, 4) is 17.5 Å². The molecular weight excluding hydrogens is 296 g/mol. The van der Waals surface area contributed by atoms with E-state index < -0.39 is 0 Å². The van der Waals surface area contributed by atoms with Crippen molar-refractivity contribution < 1.29 is 0 Å². The highest BCUT2D eigenvalue weighted by Gasteiger charge is 2.10. The molecule has 0 atom stereocenters. The van der Waals surface area contributed by atoms with E-state index in [1.165, 1.54) is 11.1 Å². The molecule has 0 saturated heterocycles. The van der Waals surface area contributed by atoms with Crippen LogP contribution in [0.3, 0.4) is 0 Å². The SMILES string of the molecule is CN(C)Cc1ccc(Cn2ccnc2-c2ccccc2C#N)cc1. The van der Waals surface area contributed by atoms with Crippen LogP contribution in [0.4, 0.5) is 0 Å². The van der Waals surface area contributed by atoms with Crippen LogP contribution < -0.4 is 0 Å². The van der Waals surface area contributed by atoms with Crippen LogP contribution in [0.15, 0.2) is 60.9 Å². The van der Waals surface area contributed by atoms with Gasteiger partial charge in [0.05, 0.1) is 11.6 Å². The quantitative estimate of drug-likeness (QED) is 0.723. The molecule has 24 heavy (non-hydrogen) atoms. The van der Waals surface area contributed by atoms with Gasteiger partial charge in [0.25, 0.3) is 0 Å². The second kappa shape index (κ2) is 7.12. The van der Waals surface area contributed by atoms with Gasteiger partial charge >= 0.3 is 0 Å². The zero-order chi connectivity index (χ0) is 16.9. The molecule has 4 nitrogen and oxygen atoms in total. The third-order valence-electron chi connectivity index (χ3n) is 3.88. The fourth-order valence-electron chi connectivity index (χ4n) is 2.77. The number of imidazole rings is 1. The van der Waals surface area contributed by atoms with Crippen LogP contribution in [-0.2, 0) is 13.1 Å². The molecule has 2 aromatic carbocycles. The monoisotopic (exact) mass is 316 g/mol. The highest BCUT2D eigenvalue weighted by Crippen LogP contribution is 2.22. The van der Waals surface area contributed by atoms with Gasteiger partial charge in [0.15, 0.2) is 0 Å². The lowest BCUT2D eigenvalue weighted by Gasteiger charge is -2.12. The Labute approximate surface area is 142 Å². The molecule has 0 fully saturated rings. The minimum absolute atomic E-state index is 0.645. The molecule has 0 bridgehead atoms. The van der Waals surface area contributed by atoms with Crippen LogP contribution >= 0.6 is 0 Å². The lowest BCUT2D eigenvalue weighted by Crippen LogP contribution is -2.10. The van der Waals surface area contributed by atoms with Gasteiger partial charge in [-0.1, -0.05) is 36.4 Å². The lowest BCUT2D eigenvalue weighted by atomic mass is 10.1. The highest BCUT2D eigenvalue weighted by atomic mass is 15.1. The maximum Gasteiger partial charge on any atom is 0.141 e. The largest absolute Gasteiger partial charge is 0.327 e. The second-order valence-corrected chi connectivity index (χ2v) is 6.09. The van der Waals surface area contributed by atoms with Gasteiger partial charge in [-0.05, 0) is 37.4 Å². The first-order valence-corrected chi connectivity index (χ1v) is 7.90. The summed E-state index contributed by atoms with van der Waals surface area (Å²) in [7, 11) is 4.14. The Balaban J connectivity index is 1.85. The number of nitriles is 1. The molecule has 3 aromatic rings. The van der Waals surface area contributed by atoms with Gasteiger partial charge in [-0.25, -0.2) is 4.98 Å². The van der Waals surface area contributed by atoms with Crippen LogP contribution in [0.5, 0.6) is 0 Å². The molecule has 0 aliphatic carbocycles. The predicted molar refractivity (Wildman–Crippen MR) is 95.3 cm³/mol. The predicted octanol–water partition coefficient (Wildman–Crippen LogP) is 3.53. The first kappa shape index (κ1) is 16.0. The van der Waals surface area contributed by atoms with Gasteiger partial charge in [-0.15, -0.1) is 0 Å². The van der Waals surface area contributed by atoms with Gasteiger partial charge in [0, 0.05) is 31.0 Å². The van der Waals surface area contributed by atoms with Gasteiger partial charge < -0.3 is 9.47 Å². The van der Waals surface area contributed by atoms with Gasteiger partial charge in [-0.3, -0.25) is 0 Å². The second-order valence-electron chi connectivity index (χ2n) is 6.09. The van der Waals surface area contributed by atoms with E-state index in [4.69, 9.17) is 0 Å². The van der Waals surface area contributed by atoms with Crippen molar-refractivity contribution in [3.05, 3.63) is 77.6 Å². The molecule has 1 heterocycles. The molecule has 0 spiro atoms. The van der Waals surface area contributed by atoms with Crippen molar-refractivity contribution in [3.63, 3.8) is 0 Å². The average Bonchev–Trinajstić information content (AvgIpc) is 3.04. The van der Waals surface area contributed by atoms with Crippen molar-refractivity contribution in [1.29, 1.82) is 5.26 Å². The van der Waals surface area contributed by atoms with Crippen molar-refractivity contribution in [2.75, 3.05) is 14.1 Å². The van der Waals surface area contributed by atoms with E-state index in [0.717, 1.165) is 24.5 Å². The standard InChI is InChI=1S/C20H20N4/c1-23(2)14-16-7-9-17(10-8-16)15-24-12-11-22-20(24)19-6-4-3-5-18(19)13-21/h3-12H,14-15H2,1-2H3. The third kappa shape index (κ3) is 3.53. The smallest absolute Gasteiger partial charge is 0.141 e. The van der Waals surface area contributed by atoms with E-state index in [2.05, 4.69) is 58.9 Å². The summed E-state index contributed by atoms with van der Waals surface area (Å²) >= 11 is 0. The first-order chi connectivity index (χ1) is 11.7. The Kier molecular flexibility index (Phi) is 4.74. The maximum atomic E-state index is 9.31. The van der Waals surface area contributed by atoms with Gasteiger partial charge in [0.2, 0.25) is 0 Å². The third-order valence-corrected chi connectivity index (χ3v) is 3.88. The summed E-state index contributed by atoms with van der Waals surface area (Å²) in [4.78, 5) is 6.61. The molecule has 0 amide bonds. The van der Waals surface area contributed by atoms with Crippen LogP contribution in [0, 0.1) is 11.3 Å². The fourth-order valence-corrected chi connectivity index (χ4v) is 2.77. The summed E-state index contributed by atoms with van der Waals surface area (Å²) in [5, 5.41) is 9.31. The average molecular weight is 316 g/mol. The summed E-state index contributed by atoms with van der Waals surface area (Å²) in [6.45, 7) is 1.67. The zero-order valence-corrected chi connectivity index (χ0v) is 14.0.